The van der Waals surface area contributed by atoms with E-state index >= 15 is 0 Å². The summed E-state index contributed by atoms with van der Waals surface area (Å²) in [7, 11) is 0. The molecule has 1 amide bonds. The van der Waals surface area contributed by atoms with E-state index in [0.29, 0.717) is 12.5 Å². The van der Waals surface area contributed by atoms with Gasteiger partial charge in [0.05, 0.1) is 11.9 Å². The van der Waals surface area contributed by atoms with Crippen molar-refractivity contribution in [3.63, 3.8) is 0 Å². The number of hydrogen-bond donors (Lipinski definition) is 1. The minimum Gasteiger partial charge on any atom is -0.351 e. The van der Waals surface area contributed by atoms with Gasteiger partial charge in [-0.05, 0) is 18.8 Å². The molecule has 0 atom stereocenters. The first-order valence-corrected chi connectivity index (χ1v) is 7.33. The Bertz CT molecular complexity index is 586. The van der Waals surface area contributed by atoms with Crippen LogP contribution in [0.5, 0.6) is 0 Å². The number of carbonyl (C=O) groups is 1. The molecule has 2 aromatic heterocycles. The Labute approximate surface area is 124 Å². The van der Waals surface area contributed by atoms with Crippen LogP contribution >= 0.6 is 0 Å². The molecule has 6 nitrogen and oxygen atoms in total. The number of hydrogen-bond acceptors (Lipinski definition) is 4. The largest absolute Gasteiger partial charge is 0.351 e. The molecule has 0 saturated heterocycles. The maximum Gasteiger partial charge on any atom is 0.290 e. The molecule has 0 saturated carbocycles. The summed E-state index contributed by atoms with van der Waals surface area (Å²) in [6.07, 6.45) is 5.54. The third-order valence-electron chi connectivity index (χ3n) is 2.99. The smallest absolute Gasteiger partial charge is 0.290 e. The van der Waals surface area contributed by atoms with E-state index in [9.17, 15) is 4.79 Å². The molecule has 114 valence electrons. The maximum absolute atomic E-state index is 12.0. The Balaban J connectivity index is 1.87. The van der Waals surface area contributed by atoms with Gasteiger partial charge in [0, 0.05) is 30.9 Å². The normalized spacial score (nSPS) is 11.0. The lowest BCUT2D eigenvalue weighted by molar-refractivity contribution is 0.0914. The van der Waals surface area contributed by atoms with Crippen LogP contribution in [-0.4, -0.2) is 20.8 Å². The summed E-state index contributed by atoms with van der Waals surface area (Å²) in [5.74, 6) is 0.489. The Hall–Kier alpha value is -2.11. The molecule has 6 heteroatoms. The van der Waals surface area contributed by atoms with Gasteiger partial charge in [-0.2, -0.15) is 5.10 Å². The SMILES string of the molecule is CCCn1cc(CNC(=O)c2cc(CC(C)C)no2)cn1. The van der Waals surface area contributed by atoms with Gasteiger partial charge in [-0.1, -0.05) is 25.9 Å². The lowest BCUT2D eigenvalue weighted by Gasteiger charge is -2.00. The average molecular weight is 290 g/mol. The summed E-state index contributed by atoms with van der Waals surface area (Å²) in [5, 5.41) is 10.9. The molecule has 0 aromatic carbocycles. The molecule has 21 heavy (non-hydrogen) atoms. The van der Waals surface area contributed by atoms with Gasteiger partial charge in [0.15, 0.2) is 0 Å². The summed E-state index contributed by atoms with van der Waals surface area (Å²) >= 11 is 0. The first kappa shape index (κ1) is 15.3. The molecule has 0 bridgehead atoms. The van der Waals surface area contributed by atoms with Crippen molar-refractivity contribution in [2.24, 2.45) is 5.92 Å². The summed E-state index contributed by atoms with van der Waals surface area (Å²) in [6.45, 7) is 7.61. The Kier molecular flexibility index (Phi) is 5.14. The van der Waals surface area contributed by atoms with E-state index in [4.69, 9.17) is 4.52 Å². The minimum atomic E-state index is -0.249. The van der Waals surface area contributed by atoms with Gasteiger partial charge in [-0.3, -0.25) is 9.48 Å². The van der Waals surface area contributed by atoms with Crippen LogP contribution in [0, 0.1) is 5.92 Å². The summed E-state index contributed by atoms with van der Waals surface area (Å²) in [6, 6.07) is 1.70. The van der Waals surface area contributed by atoms with Crippen LogP contribution < -0.4 is 5.32 Å². The third-order valence-corrected chi connectivity index (χ3v) is 2.99. The predicted octanol–water partition coefficient (Wildman–Crippen LogP) is 2.41. The van der Waals surface area contributed by atoms with Crippen LogP contribution in [0.4, 0.5) is 0 Å². The number of nitrogens with one attached hydrogen (secondary N) is 1. The summed E-state index contributed by atoms with van der Waals surface area (Å²) in [4.78, 5) is 12.0. The van der Waals surface area contributed by atoms with Crippen LogP contribution in [0.25, 0.3) is 0 Å². The first-order chi connectivity index (χ1) is 10.1. The van der Waals surface area contributed by atoms with Crippen LogP contribution in [0.3, 0.4) is 0 Å². The lowest BCUT2D eigenvalue weighted by Crippen LogP contribution is -2.22. The van der Waals surface area contributed by atoms with Gasteiger partial charge < -0.3 is 9.84 Å². The molecule has 0 unspecified atom stereocenters. The van der Waals surface area contributed by atoms with Crippen molar-refractivity contribution in [2.45, 2.75) is 46.7 Å². The molecule has 2 heterocycles. The van der Waals surface area contributed by atoms with Gasteiger partial charge in [0.1, 0.15) is 0 Å². The van der Waals surface area contributed by atoms with Gasteiger partial charge >= 0.3 is 0 Å². The fourth-order valence-electron chi connectivity index (χ4n) is 2.05. The fraction of sp³-hybridized carbons (Fsp3) is 0.533. The van der Waals surface area contributed by atoms with Gasteiger partial charge in [-0.25, -0.2) is 0 Å². The van der Waals surface area contributed by atoms with Crippen molar-refractivity contribution >= 4 is 5.91 Å². The monoisotopic (exact) mass is 290 g/mol. The van der Waals surface area contributed by atoms with Gasteiger partial charge in [0.2, 0.25) is 5.76 Å². The quantitative estimate of drug-likeness (QED) is 0.850. The molecule has 1 N–H and O–H groups in total. The maximum atomic E-state index is 12.0. The van der Waals surface area contributed by atoms with Gasteiger partial charge in [-0.15, -0.1) is 0 Å². The van der Waals surface area contributed by atoms with Crippen LogP contribution in [0.15, 0.2) is 23.0 Å². The predicted molar refractivity (Wildman–Crippen MR) is 78.7 cm³/mol. The molecule has 0 radical (unpaired) electrons. The van der Waals surface area contributed by atoms with E-state index in [1.807, 2.05) is 10.9 Å². The second kappa shape index (κ2) is 7.06. The molecule has 0 spiro atoms. The fourth-order valence-corrected chi connectivity index (χ4v) is 2.05. The van der Waals surface area contributed by atoms with Crippen molar-refractivity contribution in [3.05, 3.63) is 35.5 Å². The highest BCUT2D eigenvalue weighted by atomic mass is 16.5. The zero-order chi connectivity index (χ0) is 15.2. The molecule has 0 fully saturated rings. The molecule has 0 aliphatic carbocycles. The minimum absolute atomic E-state index is 0.249. The van der Waals surface area contributed by atoms with Crippen LogP contribution in [0.2, 0.25) is 0 Å². The lowest BCUT2D eigenvalue weighted by atomic mass is 10.1. The van der Waals surface area contributed by atoms with Crippen molar-refractivity contribution in [3.8, 4) is 0 Å². The highest BCUT2D eigenvalue weighted by Gasteiger charge is 2.13. The molecule has 2 rings (SSSR count). The molecule has 0 aliphatic rings. The number of nitrogens with zero attached hydrogens (tertiary/aromatic N) is 3. The average Bonchev–Trinajstić information content (AvgIpc) is 3.05. The second-order valence-corrected chi connectivity index (χ2v) is 5.57. The van der Waals surface area contributed by atoms with E-state index in [2.05, 4.69) is 36.3 Å². The van der Waals surface area contributed by atoms with Gasteiger partial charge in [0.25, 0.3) is 5.91 Å². The number of amides is 1. The Morgan fingerprint density at radius 1 is 1.48 bits per heavy atom. The Morgan fingerprint density at radius 2 is 2.29 bits per heavy atom. The molecular weight excluding hydrogens is 268 g/mol. The number of carbonyl (C=O) groups excluding carboxylic acids is 1. The topological polar surface area (TPSA) is 73.0 Å². The third kappa shape index (κ3) is 4.44. The van der Waals surface area contributed by atoms with Crippen LogP contribution in [-0.2, 0) is 19.5 Å². The number of aryl methyl sites for hydroxylation is 1. The van der Waals surface area contributed by atoms with Crippen molar-refractivity contribution in [1.29, 1.82) is 0 Å². The van der Waals surface area contributed by atoms with Crippen molar-refractivity contribution in [2.75, 3.05) is 0 Å². The van der Waals surface area contributed by atoms with E-state index in [1.165, 1.54) is 0 Å². The molecule has 2 aromatic rings. The molecule has 0 aliphatic heterocycles. The summed E-state index contributed by atoms with van der Waals surface area (Å²) in [5.41, 5.74) is 1.78. The van der Waals surface area contributed by atoms with Crippen LogP contribution in [0.1, 0.15) is 49.0 Å². The highest BCUT2D eigenvalue weighted by Crippen LogP contribution is 2.09. The summed E-state index contributed by atoms with van der Waals surface area (Å²) < 4.78 is 6.95. The zero-order valence-corrected chi connectivity index (χ0v) is 12.8. The standard InChI is InChI=1S/C15H22N4O2/c1-4-5-19-10-12(9-17-19)8-16-15(20)14-7-13(18-21-14)6-11(2)3/h7,9-11H,4-6,8H2,1-3H3,(H,16,20). The zero-order valence-electron chi connectivity index (χ0n) is 12.8. The van der Waals surface area contributed by atoms with E-state index in [1.54, 1.807) is 12.3 Å². The second-order valence-electron chi connectivity index (χ2n) is 5.57. The Morgan fingerprint density at radius 3 is 3.00 bits per heavy atom. The first-order valence-electron chi connectivity index (χ1n) is 7.33. The van der Waals surface area contributed by atoms with E-state index < -0.39 is 0 Å². The van der Waals surface area contributed by atoms with E-state index in [0.717, 1.165) is 30.6 Å². The van der Waals surface area contributed by atoms with E-state index in [-0.39, 0.29) is 11.7 Å². The highest BCUT2D eigenvalue weighted by molar-refractivity contribution is 5.91. The number of aromatic nitrogens is 3. The number of rotatable bonds is 7. The molecular formula is C15H22N4O2. The van der Waals surface area contributed by atoms with Crippen molar-refractivity contribution in [1.82, 2.24) is 20.3 Å². The van der Waals surface area contributed by atoms with Crippen molar-refractivity contribution < 1.29 is 9.32 Å².